The maximum Gasteiger partial charge on any atom is 0.406 e. The lowest BCUT2D eigenvalue weighted by atomic mass is 9.74. The Bertz CT molecular complexity index is 443. The lowest BCUT2D eigenvalue weighted by Gasteiger charge is -2.36. The SMILES string of the molecule is CC1(C(=O)N2CCC(C(=O)O)(C(F)(F)F)C2)CCCCC1. The zero-order chi connectivity index (χ0) is 15.9. The molecule has 4 nitrogen and oxygen atoms in total. The molecule has 1 amide bonds. The van der Waals surface area contributed by atoms with Crippen LogP contribution in [0, 0.1) is 10.8 Å². The second kappa shape index (κ2) is 5.18. The Labute approximate surface area is 121 Å². The Morgan fingerprint density at radius 2 is 1.67 bits per heavy atom. The van der Waals surface area contributed by atoms with Gasteiger partial charge in [0, 0.05) is 18.5 Å². The van der Waals surface area contributed by atoms with Crippen LogP contribution in [0.3, 0.4) is 0 Å². The number of hydrogen-bond donors (Lipinski definition) is 1. The average molecular weight is 307 g/mol. The molecule has 2 aliphatic rings. The first kappa shape index (κ1) is 16.1. The number of likely N-dealkylation sites (tertiary alicyclic amines) is 1. The molecule has 0 aromatic heterocycles. The van der Waals surface area contributed by atoms with Crippen molar-refractivity contribution in [3.8, 4) is 0 Å². The van der Waals surface area contributed by atoms with Crippen LogP contribution in [0.4, 0.5) is 13.2 Å². The van der Waals surface area contributed by atoms with Crippen LogP contribution in [-0.2, 0) is 9.59 Å². The van der Waals surface area contributed by atoms with E-state index in [1.165, 1.54) is 0 Å². The first-order valence-electron chi connectivity index (χ1n) is 7.22. The van der Waals surface area contributed by atoms with Gasteiger partial charge in [0.05, 0.1) is 0 Å². The van der Waals surface area contributed by atoms with Gasteiger partial charge in [0.15, 0.2) is 5.41 Å². The minimum Gasteiger partial charge on any atom is -0.481 e. The monoisotopic (exact) mass is 307 g/mol. The third kappa shape index (κ3) is 2.62. The minimum atomic E-state index is -4.85. The molecular formula is C14H20F3NO3. The number of aliphatic carboxylic acids is 1. The number of alkyl halides is 3. The zero-order valence-electron chi connectivity index (χ0n) is 12.0. The van der Waals surface area contributed by atoms with Gasteiger partial charge in [-0.05, 0) is 19.3 Å². The van der Waals surface area contributed by atoms with Gasteiger partial charge < -0.3 is 10.0 Å². The second-order valence-corrected chi connectivity index (χ2v) is 6.48. The van der Waals surface area contributed by atoms with Crippen molar-refractivity contribution in [3.63, 3.8) is 0 Å². The fourth-order valence-electron chi connectivity index (χ4n) is 3.44. The van der Waals surface area contributed by atoms with Gasteiger partial charge in [0.2, 0.25) is 5.91 Å². The van der Waals surface area contributed by atoms with Crippen molar-refractivity contribution in [2.75, 3.05) is 13.1 Å². The highest BCUT2D eigenvalue weighted by Crippen LogP contribution is 2.47. The number of carboxylic acid groups (broad SMARTS) is 1. The Morgan fingerprint density at radius 1 is 1.10 bits per heavy atom. The molecule has 21 heavy (non-hydrogen) atoms. The summed E-state index contributed by atoms with van der Waals surface area (Å²) in [5.74, 6) is -2.21. The Morgan fingerprint density at radius 3 is 2.10 bits per heavy atom. The van der Waals surface area contributed by atoms with Crippen molar-refractivity contribution < 1.29 is 27.9 Å². The van der Waals surface area contributed by atoms with Gasteiger partial charge in [0.1, 0.15) is 0 Å². The first-order chi connectivity index (χ1) is 9.62. The fraction of sp³-hybridized carbons (Fsp3) is 0.857. The topological polar surface area (TPSA) is 57.6 Å². The predicted molar refractivity (Wildman–Crippen MR) is 68.5 cm³/mol. The summed E-state index contributed by atoms with van der Waals surface area (Å²) < 4.78 is 39.4. The van der Waals surface area contributed by atoms with Crippen LogP contribution in [0.1, 0.15) is 45.4 Å². The maximum atomic E-state index is 13.1. The molecule has 120 valence electrons. The highest BCUT2D eigenvalue weighted by atomic mass is 19.4. The molecule has 1 aliphatic heterocycles. The van der Waals surface area contributed by atoms with E-state index in [4.69, 9.17) is 5.11 Å². The average Bonchev–Trinajstić information content (AvgIpc) is 2.84. The van der Waals surface area contributed by atoms with E-state index < -0.39 is 35.9 Å². The van der Waals surface area contributed by atoms with Crippen molar-refractivity contribution in [2.24, 2.45) is 10.8 Å². The number of rotatable bonds is 2. The lowest BCUT2D eigenvalue weighted by Crippen LogP contribution is -2.49. The van der Waals surface area contributed by atoms with Crippen LogP contribution in [0.25, 0.3) is 0 Å². The van der Waals surface area contributed by atoms with Crippen LogP contribution in [0.2, 0.25) is 0 Å². The van der Waals surface area contributed by atoms with Crippen LogP contribution < -0.4 is 0 Å². The summed E-state index contributed by atoms with van der Waals surface area (Å²) in [7, 11) is 0. The predicted octanol–water partition coefficient (Wildman–Crippen LogP) is 2.82. The van der Waals surface area contributed by atoms with Gasteiger partial charge in [-0.1, -0.05) is 26.2 Å². The molecule has 0 aromatic rings. The smallest absolute Gasteiger partial charge is 0.406 e. The van der Waals surface area contributed by atoms with E-state index in [1.54, 1.807) is 6.92 Å². The quantitative estimate of drug-likeness (QED) is 0.853. The first-order valence-corrected chi connectivity index (χ1v) is 7.22. The summed E-state index contributed by atoms with van der Waals surface area (Å²) in [5.41, 5.74) is -3.45. The molecule has 1 unspecified atom stereocenters. The second-order valence-electron chi connectivity index (χ2n) is 6.48. The van der Waals surface area contributed by atoms with Crippen molar-refractivity contribution in [2.45, 2.75) is 51.6 Å². The molecule has 1 saturated carbocycles. The molecule has 1 heterocycles. The van der Waals surface area contributed by atoms with Crippen LogP contribution in [-0.4, -0.2) is 41.1 Å². The molecule has 0 spiro atoms. The van der Waals surface area contributed by atoms with E-state index in [9.17, 15) is 22.8 Å². The van der Waals surface area contributed by atoms with E-state index >= 15 is 0 Å². The van der Waals surface area contributed by atoms with Crippen LogP contribution >= 0.6 is 0 Å². The highest BCUT2D eigenvalue weighted by Gasteiger charge is 2.64. The molecule has 1 saturated heterocycles. The Balaban J connectivity index is 2.17. The largest absolute Gasteiger partial charge is 0.481 e. The van der Waals surface area contributed by atoms with E-state index in [1.807, 2.05) is 0 Å². The Kier molecular flexibility index (Phi) is 3.97. The van der Waals surface area contributed by atoms with Crippen LogP contribution in [0.15, 0.2) is 0 Å². The number of halogens is 3. The number of carbonyl (C=O) groups excluding carboxylic acids is 1. The van der Waals surface area contributed by atoms with Gasteiger partial charge in [0.25, 0.3) is 0 Å². The molecule has 1 N–H and O–H groups in total. The molecule has 7 heteroatoms. The molecule has 1 aliphatic carbocycles. The number of nitrogens with zero attached hydrogens (tertiary/aromatic N) is 1. The summed E-state index contributed by atoms with van der Waals surface area (Å²) in [6, 6.07) is 0. The third-order valence-electron chi connectivity index (χ3n) is 4.98. The number of amides is 1. The Hall–Kier alpha value is -1.27. The standard InChI is InChI=1S/C14H20F3NO3/c1-12(5-3-2-4-6-12)10(19)18-8-7-13(9-18,11(20)21)14(15,16)17/h2-9H2,1H3,(H,20,21). The molecular weight excluding hydrogens is 287 g/mol. The van der Waals surface area contributed by atoms with Crippen LogP contribution in [0.5, 0.6) is 0 Å². The van der Waals surface area contributed by atoms with Crippen molar-refractivity contribution in [3.05, 3.63) is 0 Å². The van der Waals surface area contributed by atoms with Gasteiger partial charge in [-0.2, -0.15) is 13.2 Å². The van der Waals surface area contributed by atoms with E-state index in [0.717, 1.165) is 24.2 Å². The molecule has 0 bridgehead atoms. The van der Waals surface area contributed by atoms with E-state index in [-0.39, 0.29) is 12.5 Å². The summed E-state index contributed by atoms with van der Waals surface area (Å²) in [6.07, 6.45) is -1.28. The van der Waals surface area contributed by atoms with Crippen molar-refractivity contribution in [1.29, 1.82) is 0 Å². The highest BCUT2D eigenvalue weighted by molar-refractivity contribution is 5.85. The summed E-state index contributed by atoms with van der Waals surface area (Å²) >= 11 is 0. The van der Waals surface area contributed by atoms with Crippen molar-refractivity contribution >= 4 is 11.9 Å². The van der Waals surface area contributed by atoms with E-state index in [0.29, 0.717) is 12.8 Å². The molecule has 0 radical (unpaired) electrons. The normalized spacial score (nSPS) is 29.4. The van der Waals surface area contributed by atoms with Crippen molar-refractivity contribution in [1.82, 2.24) is 4.90 Å². The summed E-state index contributed by atoms with van der Waals surface area (Å²) in [4.78, 5) is 24.8. The number of hydrogen-bond acceptors (Lipinski definition) is 2. The van der Waals surface area contributed by atoms with E-state index in [2.05, 4.69) is 0 Å². The molecule has 2 rings (SSSR count). The fourth-order valence-corrected chi connectivity index (χ4v) is 3.44. The van der Waals surface area contributed by atoms with Gasteiger partial charge in [-0.15, -0.1) is 0 Å². The molecule has 2 fully saturated rings. The maximum absolute atomic E-state index is 13.1. The molecule has 1 atom stereocenters. The van der Waals surface area contributed by atoms with Gasteiger partial charge in [-0.25, -0.2) is 0 Å². The zero-order valence-corrected chi connectivity index (χ0v) is 12.0. The van der Waals surface area contributed by atoms with Gasteiger partial charge >= 0.3 is 12.1 Å². The molecule has 0 aromatic carbocycles. The van der Waals surface area contributed by atoms with Gasteiger partial charge in [-0.3, -0.25) is 9.59 Å². The summed E-state index contributed by atoms with van der Waals surface area (Å²) in [6.45, 7) is 0.878. The minimum absolute atomic E-state index is 0.139. The summed E-state index contributed by atoms with van der Waals surface area (Å²) in [5, 5.41) is 9.02. The third-order valence-corrected chi connectivity index (χ3v) is 4.98. The number of carbonyl (C=O) groups is 2. The number of carboxylic acids is 1. The lowest BCUT2D eigenvalue weighted by molar-refractivity contribution is -0.227.